The van der Waals surface area contributed by atoms with E-state index in [4.69, 9.17) is 18.9 Å². The molecule has 1 heterocycles. The highest BCUT2D eigenvalue weighted by Gasteiger charge is 2.32. The number of carbonyl (C=O) groups is 2. The van der Waals surface area contributed by atoms with E-state index in [0.717, 1.165) is 24.0 Å². The third-order valence-corrected chi connectivity index (χ3v) is 7.48. The molecule has 44 heavy (non-hydrogen) atoms. The number of amides is 2. The lowest BCUT2D eigenvalue weighted by Crippen LogP contribution is -2.48. The van der Waals surface area contributed by atoms with Crippen LogP contribution in [-0.2, 0) is 32.2 Å². The topological polar surface area (TPSA) is 77.5 Å². The van der Waals surface area contributed by atoms with E-state index in [1.807, 2.05) is 79.4 Å². The maximum absolute atomic E-state index is 13.7. The summed E-state index contributed by atoms with van der Waals surface area (Å²) in [4.78, 5) is 30.6. The second kappa shape index (κ2) is 20.4. The van der Waals surface area contributed by atoms with Crippen molar-refractivity contribution in [2.45, 2.75) is 90.9 Å². The van der Waals surface area contributed by atoms with E-state index in [1.54, 1.807) is 4.90 Å². The van der Waals surface area contributed by atoms with E-state index in [2.05, 4.69) is 31.2 Å². The van der Waals surface area contributed by atoms with Crippen LogP contribution >= 0.6 is 0 Å². The molecule has 0 N–H and O–H groups in total. The fraction of sp³-hybridized carbons (Fsp3) is 0.500. The number of allylic oxidation sites excluding steroid dienone is 1. The Morgan fingerprint density at radius 3 is 2.16 bits per heavy atom. The quantitative estimate of drug-likeness (QED) is 0.127. The highest BCUT2D eigenvalue weighted by atomic mass is 16.7. The molecule has 2 amide bonds. The standard InChI is InChI=1S/C36H50N2O6/c1-4-7-10-22-32(27-33-23-15-16-25-37(33)35(39)43-28-30-18-11-8-12-19-30)38(26-17-24-34(41-5-2)42-6-3)36(40)44-29-31-20-13-9-14-21-31/h7-15,18-21,23,32-34H,4-6,16-17,22,24-29H2,1-3H3/b10-7+/t32-,33+/m0/s1. The van der Waals surface area contributed by atoms with E-state index in [0.29, 0.717) is 52.0 Å². The lowest BCUT2D eigenvalue weighted by Gasteiger charge is -2.37. The predicted molar refractivity (Wildman–Crippen MR) is 173 cm³/mol. The molecule has 8 heteroatoms. The van der Waals surface area contributed by atoms with Gasteiger partial charge < -0.3 is 28.7 Å². The van der Waals surface area contributed by atoms with Crippen molar-refractivity contribution in [3.8, 4) is 0 Å². The molecule has 8 nitrogen and oxygen atoms in total. The van der Waals surface area contributed by atoms with Crippen molar-refractivity contribution in [2.24, 2.45) is 0 Å². The Hall–Kier alpha value is -3.62. The lowest BCUT2D eigenvalue weighted by molar-refractivity contribution is -0.140. The zero-order valence-electron chi connectivity index (χ0n) is 26.6. The highest BCUT2D eigenvalue weighted by molar-refractivity contribution is 5.69. The molecular weight excluding hydrogens is 556 g/mol. The summed E-state index contributed by atoms with van der Waals surface area (Å²) in [7, 11) is 0. The first-order chi connectivity index (χ1) is 21.5. The minimum atomic E-state index is -0.369. The molecule has 0 radical (unpaired) electrons. The van der Waals surface area contributed by atoms with Crippen molar-refractivity contribution < 1.29 is 28.5 Å². The molecule has 2 aromatic carbocycles. The van der Waals surface area contributed by atoms with Gasteiger partial charge in [0.05, 0.1) is 6.04 Å². The van der Waals surface area contributed by atoms with Crippen molar-refractivity contribution >= 4 is 12.2 Å². The first-order valence-electron chi connectivity index (χ1n) is 16.0. The largest absolute Gasteiger partial charge is 0.445 e. The maximum atomic E-state index is 13.7. The van der Waals surface area contributed by atoms with Gasteiger partial charge in [0.2, 0.25) is 0 Å². The van der Waals surface area contributed by atoms with Crippen LogP contribution in [0, 0.1) is 0 Å². The molecule has 1 aliphatic heterocycles. The van der Waals surface area contributed by atoms with Crippen LogP contribution in [-0.4, -0.2) is 66.7 Å². The normalized spacial score (nSPS) is 15.5. The lowest BCUT2D eigenvalue weighted by atomic mass is 9.98. The first-order valence-corrected chi connectivity index (χ1v) is 16.0. The van der Waals surface area contributed by atoms with Crippen LogP contribution in [0.3, 0.4) is 0 Å². The van der Waals surface area contributed by atoms with Crippen molar-refractivity contribution in [2.75, 3.05) is 26.3 Å². The Balaban J connectivity index is 1.78. The van der Waals surface area contributed by atoms with Crippen LogP contribution in [0.5, 0.6) is 0 Å². The van der Waals surface area contributed by atoms with Crippen molar-refractivity contribution in [1.82, 2.24) is 9.80 Å². The average molecular weight is 607 g/mol. The summed E-state index contributed by atoms with van der Waals surface area (Å²) in [6, 6.07) is 19.0. The molecule has 0 bridgehead atoms. The van der Waals surface area contributed by atoms with Gasteiger partial charge in [-0.3, -0.25) is 0 Å². The second-order valence-corrected chi connectivity index (χ2v) is 10.7. The highest BCUT2D eigenvalue weighted by Crippen LogP contribution is 2.23. The summed E-state index contributed by atoms with van der Waals surface area (Å²) < 4.78 is 23.1. The van der Waals surface area contributed by atoms with E-state index in [-0.39, 0.29) is 43.8 Å². The summed E-state index contributed by atoms with van der Waals surface area (Å²) in [6.45, 7) is 8.55. The molecule has 0 saturated heterocycles. The van der Waals surface area contributed by atoms with Crippen LogP contribution in [0.4, 0.5) is 9.59 Å². The second-order valence-electron chi connectivity index (χ2n) is 10.7. The number of hydrogen-bond donors (Lipinski definition) is 0. The SMILES string of the molecule is CC/C=C/C[C@@H](C[C@H]1C=CCCN1C(=O)OCc1ccccc1)N(CCCC(OCC)OCC)C(=O)OCc1ccccc1. The number of nitrogens with zero attached hydrogens (tertiary/aromatic N) is 2. The third-order valence-electron chi connectivity index (χ3n) is 7.48. The number of carbonyl (C=O) groups excluding carboxylic acids is 2. The van der Waals surface area contributed by atoms with Gasteiger partial charge in [-0.25, -0.2) is 9.59 Å². The number of ether oxygens (including phenoxy) is 4. The van der Waals surface area contributed by atoms with Gasteiger partial charge in [0.1, 0.15) is 13.2 Å². The van der Waals surface area contributed by atoms with Gasteiger partial charge in [-0.1, -0.05) is 91.9 Å². The van der Waals surface area contributed by atoms with Gasteiger partial charge in [0, 0.05) is 38.8 Å². The Labute approximate surface area is 263 Å². The Bertz CT molecular complexity index is 1130. The minimum Gasteiger partial charge on any atom is -0.445 e. The molecule has 0 fully saturated rings. The van der Waals surface area contributed by atoms with Crippen molar-refractivity contribution in [3.05, 3.63) is 96.1 Å². The average Bonchev–Trinajstić information content (AvgIpc) is 3.05. The third kappa shape index (κ3) is 12.2. The summed E-state index contributed by atoms with van der Waals surface area (Å²) >= 11 is 0. The fourth-order valence-electron chi connectivity index (χ4n) is 5.26. The molecule has 0 aromatic heterocycles. The minimum absolute atomic E-state index is 0.190. The maximum Gasteiger partial charge on any atom is 0.410 e. The zero-order chi connectivity index (χ0) is 31.4. The van der Waals surface area contributed by atoms with E-state index in [1.165, 1.54) is 0 Å². The van der Waals surface area contributed by atoms with Crippen LogP contribution in [0.15, 0.2) is 85.0 Å². The zero-order valence-corrected chi connectivity index (χ0v) is 26.6. The Morgan fingerprint density at radius 1 is 0.909 bits per heavy atom. The molecule has 2 aromatic rings. The molecule has 3 rings (SSSR count). The van der Waals surface area contributed by atoms with Crippen LogP contribution in [0.2, 0.25) is 0 Å². The van der Waals surface area contributed by atoms with Crippen LogP contribution in [0.25, 0.3) is 0 Å². The fourth-order valence-corrected chi connectivity index (χ4v) is 5.26. The number of benzene rings is 2. The molecule has 240 valence electrons. The van der Waals surface area contributed by atoms with Gasteiger partial charge in [0.15, 0.2) is 6.29 Å². The summed E-state index contributed by atoms with van der Waals surface area (Å²) in [5.74, 6) is 0. The molecule has 2 atom stereocenters. The Morgan fingerprint density at radius 2 is 1.55 bits per heavy atom. The molecular formula is C36H50N2O6. The summed E-state index contributed by atoms with van der Waals surface area (Å²) in [6.07, 6.45) is 11.6. The van der Waals surface area contributed by atoms with Crippen LogP contribution < -0.4 is 0 Å². The number of hydrogen-bond acceptors (Lipinski definition) is 6. The van der Waals surface area contributed by atoms with Crippen LogP contribution in [0.1, 0.15) is 70.4 Å². The number of rotatable bonds is 18. The van der Waals surface area contributed by atoms with Crippen molar-refractivity contribution in [3.63, 3.8) is 0 Å². The molecule has 0 unspecified atom stereocenters. The summed E-state index contributed by atoms with van der Waals surface area (Å²) in [5, 5.41) is 0. The van der Waals surface area contributed by atoms with E-state index in [9.17, 15) is 9.59 Å². The first kappa shape index (κ1) is 34.9. The summed E-state index contributed by atoms with van der Waals surface area (Å²) in [5.41, 5.74) is 1.87. The molecule has 1 aliphatic rings. The van der Waals surface area contributed by atoms with Gasteiger partial charge in [0.25, 0.3) is 0 Å². The van der Waals surface area contributed by atoms with Gasteiger partial charge in [-0.2, -0.15) is 0 Å². The Kier molecular flexibility index (Phi) is 16.1. The van der Waals surface area contributed by atoms with Gasteiger partial charge in [-0.05, 0) is 57.1 Å². The van der Waals surface area contributed by atoms with Gasteiger partial charge in [-0.15, -0.1) is 0 Å². The monoisotopic (exact) mass is 606 g/mol. The predicted octanol–water partition coefficient (Wildman–Crippen LogP) is 7.89. The molecule has 0 spiro atoms. The van der Waals surface area contributed by atoms with Crippen molar-refractivity contribution in [1.29, 1.82) is 0 Å². The smallest absolute Gasteiger partial charge is 0.410 e. The van der Waals surface area contributed by atoms with Gasteiger partial charge >= 0.3 is 12.2 Å². The van der Waals surface area contributed by atoms with E-state index >= 15 is 0 Å². The molecule has 0 aliphatic carbocycles. The molecule has 0 saturated carbocycles. The van der Waals surface area contributed by atoms with E-state index < -0.39 is 0 Å².